The van der Waals surface area contributed by atoms with Crippen molar-refractivity contribution in [3.05, 3.63) is 48.0 Å². The highest BCUT2D eigenvalue weighted by atomic mass is 16.4. The fourth-order valence-electron chi connectivity index (χ4n) is 1.47. The Balaban J connectivity index is 1.89. The number of aromatic carboxylic acids is 1. The minimum Gasteiger partial charge on any atom is -0.478 e. The van der Waals surface area contributed by atoms with Gasteiger partial charge in [0.15, 0.2) is 5.76 Å². The number of hydrogen-bond acceptors (Lipinski definition) is 5. The van der Waals surface area contributed by atoms with Gasteiger partial charge in [0.05, 0.1) is 18.4 Å². The number of anilines is 1. The number of furan rings is 1. The Labute approximate surface area is 118 Å². The average Bonchev–Trinajstić information content (AvgIpc) is 2.99. The Morgan fingerprint density at radius 2 is 2.10 bits per heavy atom. The molecule has 0 aliphatic carbocycles. The summed E-state index contributed by atoms with van der Waals surface area (Å²) in [6.07, 6.45) is 2.61. The van der Waals surface area contributed by atoms with Crippen molar-refractivity contribution in [3.63, 3.8) is 0 Å². The van der Waals surface area contributed by atoms with Crippen LogP contribution in [0.3, 0.4) is 0 Å². The molecule has 0 aliphatic rings. The Bertz CT molecular complexity index is 666. The van der Waals surface area contributed by atoms with E-state index in [9.17, 15) is 14.4 Å². The number of carbonyl (C=O) groups excluding carboxylic acids is 2. The molecule has 21 heavy (non-hydrogen) atoms. The molecule has 0 saturated heterocycles. The SMILES string of the molecule is O=C(CNC(=O)c1ccco1)Nc1cc(C(=O)O)ccn1. The van der Waals surface area contributed by atoms with Crippen molar-refractivity contribution in [2.45, 2.75) is 0 Å². The maximum absolute atomic E-state index is 11.6. The van der Waals surface area contributed by atoms with Crippen molar-refractivity contribution in [2.24, 2.45) is 0 Å². The smallest absolute Gasteiger partial charge is 0.335 e. The van der Waals surface area contributed by atoms with E-state index in [-0.39, 0.29) is 23.7 Å². The Morgan fingerprint density at radius 3 is 2.76 bits per heavy atom. The van der Waals surface area contributed by atoms with Crippen LogP contribution in [0.4, 0.5) is 5.82 Å². The van der Waals surface area contributed by atoms with Gasteiger partial charge in [0, 0.05) is 6.20 Å². The molecule has 8 heteroatoms. The lowest BCUT2D eigenvalue weighted by Crippen LogP contribution is -2.32. The first-order valence-electron chi connectivity index (χ1n) is 5.87. The molecule has 108 valence electrons. The van der Waals surface area contributed by atoms with Crippen molar-refractivity contribution < 1.29 is 23.9 Å². The molecule has 8 nitrogen and oxygen atoms in total. The third-order valence-electron chi connectivity index (χ3n) is 2.43. The van der Waals surface area contributed by atoms with Crippen LogP contribution in [-0.2, 0) is 4.79 Å². The predicted molar refractivity (Wildman–Crippen MR) is 70.9 cm³/mol. The molecule has 0 radical (unpaired) electrons. The summed E-state index contributed by atoms with van der Waals surface area (Å²) in [6, 6.07) is 5.53. The second-order valence-corrected chi connectivity index (χ2v) is 3.94. The molecule has 0 aromatic carbocycles. The van der Waals surface area contributed by atoms with Crippen LogP contribution in [0.1, 0.15) is 20.9 Å². The van der Waals surface area contributed by atoms with E-state index in [1.54, 1.807) is 6.07 Å². The third kappa shape index (κ3) is 3.90. The zero-order valence-corrected chi connectivity index (χ0v) is 10.7. The minimum absolute atomic E-state index is 0.0000730. The molecule has 0 unspecified atom stereocenters. The molecular formula is C13H11N3O5. The van der Waals surface area contributed by atoms with Gasteiger partial charge in [-0.1, -0.05) is 0 Å². The maximum atomic E-state index is 11.6. The molecule has 2 heterocycles. The summed E-state index contributed by atoms with van der Waals surface area (Å²) >= 11 is 0. The second kappa shape index (κ2) is 6.33. The summed E-state index contributed by atoms with van der Waals surface area (Å²) in [5.41, 5.74) is -0.0000730. The summed E-state index contributed by atoms with van der Waals surface area (Å²) in [5.74, 6) is -2.01. The number of pyridine rings is 1. The number of aromatic nitrogens is 1. The van der Waals surface area contributed by atoms with Gasteiger partial charge in [0.2, 0.25) is 5.91 Å². The first-order valence-corrected chi connectivity index (χ1v) is 5.87. The van der Waals surface area contributed by atoms with Gasteiger partial charge in [-0.25, -0.2) is 9.78 Å². The Hall–Kier alpha value is -3.16. The van der Waals surface area contributed by atoms with Crippen LogP contribution in [0.25, 0.3) is 0 Å². The van der Waals surface area contributed by atoms with Crippen molar-refractivity contribution in [2.75, 3.05) is 11.9 Å². The number of hydrogen-bond donors (Lipinski definition) is 3. The first kappa shape index (κ1) is 14.3. The number of carbonyl (C=O) groups is 3. The highest BCUT2D eigenvalue weighted by Crippen LogP contribution is 2.06. The zero-order valence-electron chi connectivity index (χ0n) is 10.7. The Morgan fingerprint density at radius 1 is 1.29 bits per heavy atom. The lowest BCUT2D eigenvalue weighted by Gasteiger charge is -2.05. The van der Waals surface area contributed by atoms with Crippen LogP contribution in [0.2, 0.25) is 0 Å². The summed E-state index contributed by atoms with van der Waals surface area (Å²) in [7, 11) is 0. The van der Waals surface area contributed by atoms with Gasteiger partial charge in [-0.15, -0.1) is 0 Å². The van der Waals surface area contributed by atoms with E-state index >= 15 is 0 Å². The lowest BCUT2D eigenvalue weighted by molar-refractivity contribution is -0.115. The van der Waals surface area contributed by atoms with Gasteiger partial charge in [-0.05, 0) is 24.3 Å². The normalized spacial score (nSPS) is 9.90. The van der Waals surface area contributed by atoms with Gasteiger partial charge < -0.3 is 20.2 Å². The maximum Gasteiger partial charge on any atom is 0.335 e. The molecule has 2 amide bonds. The standard InChI is InChI=1S/C13H11N3O5/c17-11(7-15-12(18)9-2-1-5-21-9)16-10-6-8(13(19)20)3-4-14-10/h1-6H,7H2,(H,15,18)(H,19,20)(H,14,16,17). The first-order chi connectivity index (χ1) is 10.1. The summed E-state index contributed by atoms with van der Waals surface area (Å²) in [4.78, 5) is 37.7. The van der Waals surface area contributed by atoms with E-state index in [0.29, 0.717) is 0 Å². The van der Waals surface area contributed by atoms with E-state index in [1.165, 1.54) is 30.7 Å². The van der Waals surface area contributed by atoms with Gasteiger partial charge in [0.25, 0.3) is 5.91 Å². The van der Waals surface area contributed by atoms with E-state index in [2.05, 4.69) is 15.6 Å². The van der Waals surface area contributed by atoms with Crippen molar-refractivity contribution >= 4 is 23.6 Å². The minimum atomic E-state index is -1.13. The van der Waals surface area contributed by atoms with E-state index in [1.807, 2.05) is 0 Å². The summed E-state index contributed by atoms with van der Waals surface area (Å²) in [6.45, 7) is -0.293. The average molecular weight is 289 g/mol. The number of amides is 2. The molecule has 0 fully saturated rings. The van der Waals surface area contributed by atoms with Crippen LogP contribution in [0, 0.1) is 0 Å². The largest absolute Gasteiger partial charge is 0.478 e. The molecule has 3 N–H and O–H groups in total. The number of rotatable bonds is 5. The van der Waals surface area contributed by atoms with Crippen LogP contribution in [0.5, 0.6) is 0 Å². The molecule has 2 aromatic rings. The van der Waals surface area contributed by atoms with Gasteiger partial charge in [-0.2, -0.15) is 0 Å². The molecule has 0 bridgehead atoms. The lowest BCUT2D eigenvalue weighted by atomic mass is 10.2. The predicted octanol–water partition coefficient (Wildman–Crippen LogP) is 0.741. The van der Waals surface area contributed by atoms with Crippen LogP contribution in [0.15, 0.2) is 41.1 Å². The summed E-state index contributed by atoms with van der Waals surface area (Å²) < 4.78 is 4.87. The molecule has 0 spiro atoms. The number of nitrogens with one attached hydrogen (secondary N) is 2. The van der Waals surface area contributed by atoms with E-state index in [4.69, 9.17) is 9.52 Å². The van der Waals surface area contributed by atoms with Gasteiger partial charge in [-0.3, -0.25) is 9.59 Å². The van der Waals surface area contributed by atoms with E-state index in [0.717, 1.165) is 0 Å². The molecule has 2 rings (SSSR count). The third-order valence-corrected chi connectivity index (χ3v) is 2.43. The number of carboxylic acid groups (broad SMARTS) is 1. The molecule has 0 atom stereocenters. The number of carboxylic acids is 1. The fourth-order valence-corrected chi connectivity index (χ4v) is 1.47. The fraction of sp³-hybridized carbons (Fsp3) is 0.0769. The second-order valence-electron chi connectivity index (χ2n) is 3.94. The van der Waals surface area contributed by atoms with Crippen molar-refractivity contribution in [1.82, 2.24) is 10.3 Å². The topological polar surface area (TPSA) is 122 Å². The van der Waals surface area contributed by atoms with Crippen LogP contribution < -0.4 is 10.6 Å². The monoisotopic (exact) mass is 289 g/mol. The van der Waals surface area contributed by atoms with Gasteiger partial charge >= 0.3 is 5.97 Å². The zero-order chi connectivity index (χ0) is 15.2. The quantitative estimate of drug-likeness (QED) is 0.746. The molecule has 0 saturated carbocycles. The highest BCUT2D eigenvalue weighted by molar-refractivity contribution is 5.98. The van der Waals surface area contributed by atoms with Gasteiger partial charge in [0.1, 0.15) is 5.82 Å². The highest BCUT2D eigenvalue weighted by Gasteiger charge is 2.11. The van der Waals surface area contributed by atoms with Crippen molar-refractivity contribution in [3.8, 4) is 0 Å². The van der Waals surface area contributed by atoms with E-state index < -0.39 is 17.8 Å². The van der Waals surface area contributed by atoms with Crippen LogP contribution >= 0.6 is 0 Å². The molecule has 0 aliphatic heterocycles. The molecular weight excluding hydrogens is 278 g/mol. The molecule has 2 aromatic heterocycles. The Kier molecular flexibility index (Phi) is 4.30. The van der Waals surface area contributed by atoms with Crippen molar-refractivity contribution in [1.29, 1.82) is 0 Å². The number of nitrogens with zero attached hydrogens (tertiary/aromatic N) is 1. The van der Waals surface area contributed by atoms with Crippen LogP contribution in [-0.4, -0.2) is 34.4 Å². The summed E-state index contributed by atoms with van der Waals surface area (Å²) in [5, 5.41) is 13.6.